The number of amides is 1. The fourth-order valence-corrected chi connectivity index (χ4v) is 3.38. The average Bonchev–Trinajstić information content (AvgIpc) is 2.95. The molecule has 3 aromatic rings. The molecular formula is C19H21N5O. The summed E-state index contributed by atoms with van der Waals surface area (Å²) in [7, 11) is 0. The number of carbonyl (C=O) groups is 1. The normalized spacial score (nSPS) is 15.0. The number of nitrogens with one attached hydrogen (secondary N) is 1. The molecule has 1 saturated heterocycles. The Kier molecular flexibility index (Phi) is 3.87. The van der Waals surface area contributed by atoms with E-state index in [9.17, 15) is 4.79 Å². The van der Waals surface area contributed by atoms with Crippen molar-refractivity contribution in [1.82, 2.24) is 20.1 Å². The maximum absolute atomic E-state index is 12.9. The number of aryl methyl sites for hydroxylation is 2. The molecule has 0 atom stereocenters. The SMILES string of the molecule is Cc1[nH]c2ccc(C(=O)N3CCN(c4cccnn4)CC3)cc2c1C. The molecule has 2 aromatic heterocycles. The van der Waals surface area contributed by atoms with E-state index in [2.05, 4.69) is 33.9 Å². The number of fused-ring (bicyclic) bond motifs is 1. The van der Waals surface area contributed by atoms with Gasteiger partial charge in [0.2, 0.25) is 0 Å². The summed E-state index contributed by atoms with van der Waals surface area (Å²) in [4.78, 5) is 20.3. The second-order valence-corrected chi connectivity index (χ2v) is 6.50. The Morgan fingerprint density at radius 3 is 2.64 bits per heavy atom. The largest absolute Gasteiger partial charge is 0.358 e. The van der Waals surface area contributed by atoms with Crippen LogP contribution in [0, 0.1) is 13.8 Å². The van der Waals surface area contributed by atoms with Gasteiger partial charge in [0.15, 0.2) is 5.82 Å². The first-order chi connectivity index (χ1) is 12.1. The maximum atomic E-state index is 12.9. The fourth-order valence-electron chi connectivity index (χ4n) is 3.38. The fraction of sp³-hybridized carbons (Fsp3) is 0.316. The van der Waals surface area contributed by atoms with Gasteiger partial charge in [-0.2, -0.15) is 5.10 Å². The molecule has 1 aromatic carbocycles. The molecule has 0 saturated carbocycles. The molecule has 0 unspecified atom stereocenters. The summed E-state index contributed by atoms with van der Waals surface area (Å²) < 4.78 is 0. The van der Waals surface area contributed by atoms with Crippen LogP contribution in [0.3, 0.4) is 0 Å². The van der Waals surface area contributed by atoms with Gasteiger partial charge in [0.25, 0.3) is 5.91 Å². The molecule has 1 amide bonds. The van der Waals surface area contributed by atoms with Gasteiger partial charge in [0.1, 0.15) is 0 Å². The number of carbonyl (C=O) groups excluding carboxylic acids is 1. The topological polar surface area (TPSA) is 65.1 Å². The average molecular weight is 335 g/mol. The van der Waals surface area contributed by atoms with Crippen LogP contribution in [0.4, 0.5) is 5.82 Å². The van der Waals surface area contributed by atoms with Crippen LogP contribution in [0.2, 0.25) is 0 Å². The molecule has 128 valence electrons. The number of piperazine rings is 1. The number of aromatic nitrogens is 3. The molecular weight excluding hydrogens is 314 g/mol. The minimum absolute atomic E-state index is 0.0962. The van der Waals surface area contributed by atoms with Crippen LogP contribution < -0.4 is 4.90 Å². The predicted molar refractivity (Wildman–Crippen MR) is 97.9 cm³/mol. The molecule has 6 heteroatoms. The maximum Gasteiger partial charge on any atom is 0.253 e. The van der Waals surface area contributed by atoms with Crippen LogP contribution in [0.1, 0.15) is 21.6 Å². The molecule has 6 nitrogen and oxygen atoms in total. The summed E-state index contributed by atoms with van der Waals surface area (Å²) in [5, 5.41) is 9.20. The van der Waals surface area contributed by atoms with E-state index in [0.717, 1.165) is 41.1 Å². The molecule has 25 heavy (non-hydrogen) atoms. The molecule has 1 N–H and O–H groups in total. The molecule has 0 aliphatic carbocycles. The highest BCUT2D eigenvalue weighted by atomic mass is 16.2. The van der Waals surface area contributed by atoms with E-state index in [1.54, 1.807) is 6.20 Å². The number of aromatic amines is 1. The number of benzene rings is 1. The Bertz CT molecular complexity index is 910. The third-order valence-electron chi connectivity index (χ3n) is 5.00. The van der Waals surface area contributed by atoms with E-state index in [4.69, 9.17) is 0 Å². The number of nitrogens with zero attached hydrogens (tertiary/aromatic N) is 4. The van der Waals surface area contributed by atoms with Gasteiger partial charge >= 0.3 is 0 Å². The van der Waals surface area contributed by atoms with Crippen molar-refractivity contribution >= 4 is 22.6 Å². The van der Waals surface area contributed by atoms with Crippen molar-refractivity contribution in [2.45, 2.75) is 13.8 Å². The highest BCUT2D eigenvalue weighted by Gasteiger charge is 2.23. The summed E-state index contributed by atoms with van der Waals surface area (Å²) in [5.41, 5.74) is 4.19. The van der Waals surface area contributed by atoms with Crippen LogP contribution in [0.25, 0.3) is 10.9 Å². The van der Waals surface area contributed by atoms with E-state index < -0.39 is 0 Å². The standard InChI is InChI=1S/C19H21N5O/c1-13-14(2)21-17-6-5-15(12-16(13)17)19(25)24-10-8-23(9-11-24)18-4-3-7-20-22-18/h3-7,12,21H,8-11H2,1-2H3. The third-order valence-corrected chi connectivity index (χ3v) is 5.00. The van der Waals surface area contributed by atoms with Gasteiger partial charge in [-0.1, -0.05) is 0 Å². The molecule has 0 bridgehead atoms. The van der Waals surface area contributed by atoms with Crippen LogP contribution in [0.5, 0.6) is 0 Å². The number of H-pyrrole nitrogens is 1. The Morgan fingerprint density at radius 1 is 1.12 bits per heavy atom. The molecule has 1 aliphatic rings. The Labute approximate surface area is 146 Å². The molecule has 1 aliphatic heterocycles. The highest BCUT2D eigenvalue weighted by molar-refractivity contribution is 5.99. The zero-order valence-corrected chi connectivity index (χ0v) is 14.5. The van der Waals surface area contributed by atoms with Gasteiger partial charge in [-0.3, -0.25) is 4.79 Å². The Balaban J connectivity index is 1.50. The molecule has 0 radical (unpaired) electrons. The lowest BCUT2D eigenvalue weighted by Gasteiger charge is -2.35. The summed E-state index contributed by atoms with van der Waals surface area (Å²) in [6.45, 7) is 7.08. The van der Waals surface area contributed by atoms with E-state index >= 15 is 0 Å². The van der Waals surface area contributed by atoms with Crippen molar-refractivity contribution in [3.8, 4) is 0 Å². The quantitative estimate of drug-likeness (QED) is 0.782. The van der Waals surface area contributed by atoms with Crippen molar-refractivity contribution in [3.05, 3.63) is 53.3 Å². The van der Waals surface area contributed by atoms with Crippen LogP contribution in [-0.2, 0) is 0 Å². The number of hydrogen-bond acceptors (Lipinski definition) is 4. The second kappa shape index (κ2) is 6.20. The lowest BCUT2D eigenvalue weighted by Crippen LogP contribution is -2.49. The lowest BCUT2D eigenvalue weighted by molar-refractivity contribution is 0.0746. The monoisotopic (exact) mass is 335 g/mol. The zero-order valence-electron chi connectivity index (χ0n) is 14.5. The van der Waals surface area contributed by atoms with Gasteiger partial charge in [-0.15, -0.1) is 5.10 Å². The minimum atomic E-state index is 0.0962. The molecule has 4 rings (SSSR count). The van der Waals surface area contributed by atoms with Crippen molar-refractivity contribution in [3.63, 3.8) is 0 Å². The summed E-state index contributed by atoms with van der Waals surface area (Å²) in [5.74, 6) is 0.966. The Hall–Kier alpha value is -2.89. The summed E-state index contributed by atoms with van der Waals surface area (Å²) >= 11 is 0. The van der Waals surface area contributed by atoms with Crippen LogP contribution in [-0.4, -0.2) is 52.2 Å². The van der Waals surface area contributed by atoms with Crippen molar-refractivity contribution in [2.75, 3.05) is 31.1 Å². The molecule has 1 fully saturated rings. The van der Waals surface area contributed by atoms with Crippen molar-refractivity contribution in [2.24, 2.45) is 0 Å². The van der Waals surface area contributed by atoms with E-state index in [1.165, 1.54) is 5.56 Å². The summed E-state index contributed by atoms with van der Waals surface area (Å²) in [6.07, 6.45) is 1.67. The molecule has 0 spiro atoms. The highest BCUT2D eigenvalue weighted by Crippen LogP contribution is 2.23. The lowest BCUT2D eigenvalue weighted by atomic mass is 10.1. The first-order valence-corrected chi connectivity index (χ1v) is 8.54. The number of rotatable bonds is 2. The minimum Gasteiger partial charge on any atom is -0.358 e. The van der Waals surface area contributed by atoms with Crippen molar-refractivity contribution in [1.29, 1.82) is 0 Å². The van der Waals surface area contributed by atoms with E-state index in [1.807, 2.05) is 35.2 Å². The third kappa shape index (κ3) is 2.84. The van der Waals surface area contributed by atoms with Crippen LogP contribution >= 0.6 is 0 Å². The number of anilines is 1. The first kappa shape index (κ1) is 15.6. The first-order valence-electron chi connectivity index (χ1n) is 8.54. The molecule has 3 heterocycles. The Morgan fingerprint density at radius 2 is 1.92 bits per heavy atom. The predicted octanol–water partition coefficient (Wildman–Crippen LogP) is 2.54. The van der Waals surface area contributed by atoms with E-state index in [-0.39, 0.29) is 5.91 Å². The van der Waals surface area contributed by atoms with Gasteiger partial charge < -0.3 is 14.8 Å². The van der Waals surface area contributed by atoms with Gasteiger partial charge in [0, 0.05) is 54.5 Å². The van der Waals surface area contributed by atoms with Gasteiger partial charge in [-0.05, 0) is 49.7 Å². The van der Waals surface area contributed by atoms with Crippen molar-refractivity contribution < 1.29 is 4.79 Å². The van der Waals surface area contributed by atoms with Crippen LogP contribution in [0.15, 0.2) is 36.5 Å². The van der Waals surface area contributed by atoms with Gasteiger partial charge in [0.05, 0.1) is 0 Å². The zero-order chi connectivity index (χ0) is 17.4. The summed E-state index contributed by atoms with van der Waals surface area (Å²) in [6, 6.07) is 9.75. The van der Waals surface area contributed by atoms with Gasteiger partial charge in [-0.25, -0.2) is 0 Å². The smallest absolute Gasteiger partial charge is 0.253 e. The van der Waals surface area contributed by atoms with E-state index in [0.29, 0.717) is 13.1 Å². The number of hydrogen-bond donors (Lipinski definition) is 1. The second-order valence-electron chi connectivity index (χ2n) is 6.50.